The molecule has 0 aliphatic carbocycles. The maximum absolute atomic E-state index is 12.7. The number of carbonyl (C=O) groups is 1. The van der Waals surface area contributed by atoms with Gasteiger partial charge < -0.3 is 5.32 Å². The molecule has 1 aliphatic heterocycles. The Hall–Kier alpha value is -2.82. The number of carbonyl (C=O) groups excluding carboxylic acids is 1. The minimum atomic E-state index is -3.56. The number of hydrogen-bond donors (Lipinski definition) is 1. The fraction of sp³-hybridized carbons (Fsp3) is 0.316. The Kier molecular flexibility index (Phi) is 6.26. The first-order valence-corrected chi connectivity index (χ1v) is 10.6. The third kappa shape index (κ3) is 4.61. The summed E-state index contributed by atoms with van der Waals surface area (Å²) >= 11 is 0. The van der Waals surface area contributed by atoms with Crippen LogP contribution in [0.5, 0.6) is 0 Å². The number of hydrogen-bond acceptors (Lipinski definition) is 6. The molecule has 0 saturated carbocycles. The second kappa shape index (κ2) is 8.68. The molecule has 1 atom stereocenters. The van der Waals surface area contributed by atoms with Crippen LogP contribution in [0.25, 0.3) is 0 Å². The second-order valence-corrected chi connectivity index (χ2v) is 8.63. The zero-order valence-corrected chi connectivity index (χ0v) is 16.7. The molecule has 154 valence electrons. The van der Waals surface area contributed by atoms with Crippen molar-refractivity contribution in [2.45, 2.75) is 17.9 Å². The van der Waals surface area contributed by atoms with Crippen LogP contribution in [0.1, 0.15) is 6.92 Å². The summed E-state index contributed by atoms with van der Waals surface area (Å²) in [5.74, 6) is -0.376. The van der Waals surface area contributed by atoms with Crippen molar-refractivity contribution in [2.24, 2.45) is 0 Å². The molecule has 1 amide bonds. The molecule has 0 aromatic heterocycles. The fourth-order valence-corrected chi connectivity index (χ4v) is 4.66. The SMILES string of the molecule is C[C@@H](C(=O)Nc1ccccc1[N+](=O)[O-])N1CCN(S(=O)(=O)c2ccccc2)CC1. The van der Waals surface area contributed by atoms with Gasteiger partial charge in [-0.3, -0.25) is 19.8 Å². The van der Waals surface area contributed by atoms with Crippen LogP contribution in [0.4, 0.5) is 11.4 Å². The van der Waals surface area contributed by atoms with Crippen LogP contribution < -0.4 is 5.32 Å². The van der Waals surface area contributed by atoms with Gasteiger partial charge in [0.15, 0.2) is 0 Å². The van der Waals surface area contributed by atoms with Gasteiger partial charge >= 0.3 is 0 Å². The lowest BCUT2D eigenvalue weighted by molar-refractivity contribution is -0.383. The summed E-state index contributed by atoms with van der Waals surface area (Å²) in [6, 6.07) is 13.6. The van der Waals surface area contributed by atoms with Gasteiger partial charge in [-0.2, -0.15) is 4.31 Å². The summed E-state index contributed by atoms with van der Waals surface area (Å²) in [7, 11) is -3.56. The van der Waals surface area contributed by atoms with Gasteiger partial charge in [-0.25, -0.2) is 8.42 Å². The van der Waals surface area contributed by atoms with E-state index >= 15 is 0 Å². The molecule has 1 fully saturated rings. The van der Waals surface area contributed by atoms with Crippen LogP contribution in [-0.4, -0.2) is 60.7 Å². The standard InChI is InChI=1S/C19H22N4O5S/c1-15(19(24)20-17-9-5-6-10-18(17)23(25)26)21-11-13-22(14-12-21)29(27,28)16-7-3-2-4-8-16/h2-10,15H,11-14H2,1H3,(H,20,24)/t15-/m0/s1. The van der Waals surface area contributed by atoms with E-state index in [1.807, 2.05) is 4.90 Å². The van der Waals surface area contributed by atoms with Crippen molar-refractivity contribution in [3.05, 3.63) is 64.7 Å². The highest BCUT2D eigenvalue weighted by Crippen LogP contribution is 2.24. The Morgan fingerprint density at radius 2 is 1.62 bits per heavy atom. The van der Waals surface area contributed by atoms with Gasteiger partial charge in [-0.1, -0.05) is 30.3 Å². The largest absolute Gasteiger partial charge is 0.319 e. The van der Waals surface area contributed by atoms with E-state index in [2.05, 4.69) is 5.32 Å². The van der Waals surface area contributed by atoms with Gasteiger partial charge in [-0.15, -0.1) is 0 Å². The number of benzene rings is 2. The summed E-state index contributed by atoms with van der Waals surface area (Å²) in [6.45, 7) is 3.00. The average Bonchev–Trinajstić information content (AvgIpc) is 2.74. The van der Waals surface area contributed by atoms with Crippen LogP contribution in [0, 0.1) is 10.1 Å². The van der Waals surface area contributed by atoms with Crippen LogP contribution in [0.3, 0.4) is 0 Å². The summed E-state index contributed by atoms with van der Waals surface area (Å²) < 4.78 is 26.8. The van der Waals surface area contributed by atoms with Gasteiger partial charge in [0, 0.05) is 32.2 Å². The average molecular weight is 418 g/mol. The minimum Gasteiger partial charge on any atom is -0.319 e. The Morgan fingerprint density at radius 3 is 2.24 bits per heavy atom. The van der Waals surface area contributed by atoms with E-state index in [1.54, 1.807) is 43.3 Å². The molecule has 1 N–H and O–H groups in total. The van der Waals surface area contributed by atoms with E-state index < -0.39 is 21.0 Å². The van der Waals surface area contributed by atoms with Crippen molar-refractivity contribution in [3.63, 3.8) is 0 Å². The minimum absolute atomic E-state index is 0.139. The van der Waals surface area contributed by atoms with Crippen molar-refractivity contribution >= 4 is 27.3 Å². The first kappa shape index (κ1) is 20.9. The molecule has 3 rings (SSSR count). The molecule has 2 aromatic rings. The van der Waals surface area contributed by atoms with Crippen LogP contribution in [0.15, 0.2) is 59.5 Å². The molecule has 0 unspecified atom stereocenters. The van der Waals surface area contributed by atoms with E-state index in [-0.39, 0.29) is 35.3 Å². The number of para-hydroxylation sites is 2. The molecule has 2 aromatic carbocycles. The normalized spacial score (nSPS) is 16.9. The predicted molar refractivity (Wildman–Crippen MR) is 108 cm³/mol. The lowest BCUT2D eigenvalue weighted by Gasteiger charge is -2.36. The Balaban J connectivity index is 1.62. The van der Waals surface area contributed by atoms with E-state index in [4.69, 9.17) is 0 Å². The number of nitrogens with zero attached hydrogens (tertiary/aromatic N) is 3. The number of amides is 1. The molecule has 29 heavy (non-hydrogen) atoms. The number of nitrogens with one attached hydrogen (secondary N) is 1. The van der Waals surface area contributed by atoms with E-state index in [9.17, 15) is 23.3 Å². The van der Waals surface area contributed by atoms with Crippen molar-refractivity contribution in [1.82, 2.24) is 9.21 Å². The van der Waals surface area contributed by atoms with E-state index in [0.717, 1.165) is 0 Å². The number of nitro groups is 1. The Labute approximate surface area is 169 Å². The van der Waals surface area contributed by atoms with Crippen LogP contribution in [-0.2, 0) is 14.8 Å². The van der Waals surface area contributed by atoms with Crippen molar-refractivity contribution < 1.29 is 18.1 Å². The summed E-state index contributed by atoms with van der Waals surface area (Å²) in [5, 5.41) is 13.7. The van der Waals surface area contributed by atoms with Gasteiger partial charge in [0.2, 0.25) is 15.9 Å². The Morgan fingerprint density at radius 1 is 1.03 bits per heavy atom. The summed E-state index contributed by atoms with van der Waals surface area (Å²) in [5.41, 5.74) is -0.0357. The zero-order chi connectivity index (χ0) is 21.0. The van der Waals surface area contributed by atoms with Crippen molar-refractivity contribution in [3.8, 4) is 0 Å². The highest BCUT2D eigenvalue weighted by atomic mass is 32.2. The van der Waals surface area contributed by atoms with Crippen molar-refractivity contribution in [1.29, 1.82) is 0 Å². The highest BCUT2D eigenvalue weighted by molar-refractivity contribution is 7.89. The lowest BCUT2D eigenvalue weighted by Crippen LogP contribution is -2.53. The number of nitro benzene ring substituents is 1. The first-order chi connectivity index (χ1) is 13.8. The summed E-state index contributed by atoms with van der Waals surface area (Å²) in [6.07, 6.45) is 0. The third-order valence-corrected chi connectivity index (χ3v) is 6.85. The summed E-state index contributed by atoms with van der Waals surface area (Å²) in [4.78, 5) is 25.2. The van der Waals surface area contributed by atoms with Crippen LogP contribution >= 0.6 is 0 Å². The number of anilines is 1. The van der Waals surface area contributed by atoms with Crippen LogP contribution in [0.2, 0.25) is 0 Å². The molecule has 1 heterocycles. The van der Waals surface area contributed by atoms with Gasteiger partial charge in [0.25, 0.3) is 5.69 Å². The number of rotatable bonds is 6. The number of piperazine rings is 1. The van der Waals surface area contributed by atoms with E-state index in [1.165, 1.54) is 22.5 Å². The van der Waals surface area contributed by atoms with E-state index in [0.29, 0.717) is 13.1 Å². The molecule has 1 saturated heterocycles. The molecular weight excluding hydrogens is 396 g/mol. The fourth-order valence-electron chi connectivity index (χ4n) is 3.21. The smallest absolute Gasteiger partial charge is 0.292 e. The lowest BCUT2D eigenvalue weighted by atomic mass is 10.2. The van der Waals surface area contributed by atoms with Gasteiger partial charge in [-0.05, 0) is 25.1 Å². The first-order valence-electron chi connectivity index (χ1n) is 9.14. The maximum atomic E-state index is 12.7. The van der Waals surface area contributed by atoms with Gasteiger partial charge in [0.05, 0.1) is 15.9 Å². The number of sulfonamides is 1. The highest BCUT2D eigenvalue weighted by Gasteiger charge is 2.32. The maximum Gasteiger partial charge on any atom is 0.292 e. The molecule has 0 spiro atoms. The predicted octanol–water partition coefficient (Wildman–Crippen LogP) is 1.93. The topological polar surface area (TPSA) is 113 Å². The molecule has 10 heteroatoms. The zero-order valence-electron chi connectivity index (χ0n) is 15.9. The monoisotopic (exact) mass is 418 g/mol. The molecule has 1 aliphatic rings. The van der Waals surface area contributed by atoms with Crippen molar-refractivity contribution in [2.75, 3.05) is 31.5 Å². The quantitative estimate of drug-likeness (QED) is 0.567. The molecule has 9 nitrogen and oxygen atoms in total. The second-order valence-electron chi connectivity index (χ2n) is 6.69. The molecule has 0 bridgehead atoms. The molecule has 0 radical (unpaired) electrons. The van der Waals surface area contributed by atoms with Gasteiger partial charge in [0.1, 0.15) is 5.69 Å². The third-order valence-electron chi connectivity index (χ3n) is 4.94. The molecular formula is C19H22N4O5S. The Bertz CT molecular complexity index is 989.